The molecule has 17 heavy (non-hydrogen) atoms. The highest BCUT2D eigenvalue weighted by atomic mass is 35.5. The Morgan fingerprint density at radius 3 is 2.65 bits per heavy atom. The highest BCUT2D eigenvalue weighted by Gasteiger charge is 2.10. The lowest BCUT2D eigenvalue weighted by Gasteiger charge is -1.98. The normalized spacial score (nSPS) is 12.6. The number of hydrogen-bond donors (Lipinski definition) is 1. The van der Waals surface area contributed by atoms with Crippen LogP contribution in [-0.2, 0) is 5.75 Å². The number of rotatable bonds is 4. The van der Waals surface area contributed by atoms with Crippen molar-refractivity contribution in [2.24, 2.45) is 5.73 Å². The Labute approximate surface area is 109 Å². The van der Waals surface area contributed by atoms with Gasteiger partial charge in [0.2, 0.25) is 5.89 Å². The van der Waals surface area contributed by atoms with Crippen LogP contribution in [0.1, 0.15) is 24.4 Å². The summed E-state index contributed by atoms with van der Waals surface area (Å²) >= 11 is 7.28. The fraction of sp³-hybridized carbons (Fsp3) is 0.273. The third kappa shape index (κ3) is 3.46. The SMILES string of the molecule is C[C@H](N)c1nnc(SCc2ccc(Cl)cc2)o1. The Bertz CT molecular complexity index is 484. The van der Waals surface area contributed by atoms with E-state index in [4.69, 9.17) is 21.8 Å². The molecule has 0 amide bonds. The minimum absolute atomic E-state index is 0.229. The van der Waals surface area contributed by atoms with E-state index < -0.39 is 0 Å². The maximum atomic E-state index is 5.81. The molecule has 1 heterocycles. The number of halogens is 1. The van der Waals surface area contributed by atoms with Gasteiger partial charge in [0.25, 0.3) is 5.22 Å². The van der Waals surface area contributed by atoms with E-state index in [1.54, 1.807) is 6.92 Å². The van der Waals surface area contributed by atoms with Crippen LogP contribution in [0.4, 0.5) is 0 Å². The maximum absolute atomic E-state index is 5.81. The molecule has 2 aromatic rings. The first-order chi connectivity index (χ1) is 8.15. The molecular weight excluding hydrogens is 258 g/mol. The van der Waals surface area contributed by atoms with Crippen LogP contribution in [-0.4, -0.2) is 10.2 Å². The van der Waals surface area contributed by atoms with Gasteiger partial charge >= 0.3 is 0 Å². The number of nitrogens with zero attached hydrogens (tertiary/aromatic N) is 2. The largest absolute Gasteiger partial charge is 0.414 e. The van der Waals surface area contributed by atoms with Crippen LogP contribution in [0.15, 0.2) is 33.9 Å². The molecule has 4 nitrogen and oxygen atoms in total. The Morgan fingerprint density at radius 1 is 1.35 bits per heavy atom. The van der Waals surface area contributed by atoms with Gasteiger partial charge in [-0.15, -0.1) is 10.2 Å². The quantitative estimate of drug-likeness (QED) is 0.865. The Balaban J connectivity index is 1.95. The van der Waals surface area contributed by atoms with Crippen LogP contribution in [0.5, 0.6) is 0 Å². The fourth-order valence-corrected chi connectivity index (χ4v) is 2.04. The first-order valence-electron chi connectivity index (χ1n) is 5.11. The first kappa shape index (κ1) is 12.4. The monoisotopic (exact) mass is 269 g/mol. The predicted octanol–water partition coefficient (Wildman–Crippen LogP) is 3.04. The third-order valence-electron chi connectivity index (χ3n) is 2.09. The molecule has 0 saturated carbocycles. The molecule has 0 saturated heterocycles. The van der Waals surface area contributed by atoms with Gasteiger partial charge in [-0.2, -0.15) is 0 Å². The zero-order chi connectivity index (χ0) is 12.3. The molecule has 2 N–H and O–H groups in total. The molecule has 0 unspecified atom stereocenters. The summed E-state index contributed by atoms with van der Waals surface area (Å²) < 4.78 is 5.38. The lowest BCUT2D eigenvalue weighted by atomic mass is 10.2. The number of nitrogens with two attached hydrogens (primary N) is 1. The Kier molecular flexibility index (Phi) is 4.04. The molecule has 6 heteroatoms. The van der Waals surface area contributed by atoms with Crippen LogP contribution >= 0.6 is 23.4 Å². The van der Waals surface area contributed by atoms with E-state index in [-0.39, 0.29) is 6.04 Å². The van der Waals surface area contributed by atoms with Crippen molar-refractivity contribution >= 4 is 23.4 Å². The van der Waals surface area contributed by atoms with E-state index >= 15 is 0 Å². The van der Waals surface area contributed by atoms with E-state index in [0.717, 1.165) is 16.3 Å². The fourth-order valence-electron chi connectivity index (χ4n) is 1.19. The average molecular weight is 270 g/mol. The molecule has 0 fully saturated rings. The van der Waals surface area contributed by atoms with Gasteiger partial charge in [-0.1, -0.05) is 35.5 Å². The molecule has 0 radical (unpaired) electrons. The smallest absolute Gasteiger partial charge is 0.276 e. The third-order valence-corrected chi connectivity index (χ3v) is 3.23. The lowest BCUT2D eigenvalue weighted by Crippen LogP contribution is -2.04. The molecule has 0 aliphatic carbocycles. The van der Waals surface area contributed by atoms with Gasteiger partial charge in [0.15, 0.2) is 0 Å². The van der Waals surface area contributed by atoms with Crippen molar-refractivity contribution in [3.63, 3.8) is 0 Å². The van der Waals surface area contributed by atoms with Gasteiger partial charge in [0.05, 0.1) is 6.04 Å². The summed E-state index contributed by atoms with van der Waals surface area (Å²) in [7, 11) is 0. The second-order valence-corrected chi connectivity index (χ2v) is 4.97. The van der Waals surface area contributed by atoms with Gasteiger partial charge in [-0.25, -0.2) is 0 Å². The van der Waals surface area contributed by atoms with E-state index in [9.17, 15) is 0 Å². The number of benzene rings is 1. The Hall–Kier alpha value is -1.04. The second-order valence-electron chi connectivity index (χ2n) is 3.61. The van der Waals surface area contributed by atoms with E-state index in [2.05, 4.69) is 10.2 Å². The maximum Gasteiger partial charge on any atom is 0.276 e. The number of hydrogen-bond acceptors (Lipinski definition) is 5. The van der Waals surface area contributed by atoms with Crippen LogP contribution in [0.25, 0.3) is 0 Å². The lowest BCUT2D eigenvalue weighted by molar-refractivity contribution is 0.394. The van der Waals surface area contributed by atoms with Crippen molar-refractivity contribution in [3.8, 4) is 0 Å². The van der Waals surface area contributed by atoms with Crippen LogP contribution < -0.4 is 5.73 Å². The molecule has 0 bridgehead atoms. The Morgan fingerprint density at radius 2 is 2.06 bits per heavy atom. The van der Waals surface area contributed by atoms with Crippen molar-refractivity contribution in [2.75, 3.05) is 0 Å². The van der Waals surface area contributed by atoms with Crippen LogP contribution in [0.2, 0.25) is 5.02 Å². The van der Waals surface area contributed by atoms with Crippen LogP contribution in [0, 0.1) is 0 Å². The molecular formula is C11H12ClN3OS. The van der Waals surface area contributed by atoms with Crippen LogP contribution in [0.3, 0.4) is 0 Å². The zero-order valence-electron chi connectivity index (χ0n) is 9.26. The van der Waals surface area contributed by atoms with Gasteiger partial charge in [0, 0.05) is 10.8 Å². The van der Waals surface area contributed by atoms with Gasteiger partial charge < -0.3 is 10.2 Å². The zero-order valence-corrected chi connectivity index (χ0v) is 10.8. The molecule has 2 rings (SSSR count). The van der Waals surface area contributed by atoms with Crippen molar-refractivity contribution < 1.29 is 4.42 Å². The minimum atomic E-state index is -0.229. The van der Waals surface area contributed by atoms with Gasteiger partial charge in [-0.3, -0.25) is 0 Å². The average Bonchev–Trinajstić information content (AvgIpc) is 2.77. The van der Waals surface area contributed by atoms with Crippen molar-refractivity contribution in [1.29, 1.82) is 0 Å². The predicted molar refractivity (Wildman–Crippen MR) is 67.9 cm³/mol. The second kappa shape index (κ2) is 5.53. The summed E-state index contributed by atoms with van der Waals surface area (Å²) in [5.74, 6) is 1.22. The summed E-state index contributed by atoms with van der Waals surface area (Å²) in [4.78, 5) is 0. The van der Waals surface area contributed by atoms with E-state index in [1.807, 2.05) is 24.3 Å². The highest BCUT2D eigenvalue weighted by Crippen LogP contribution is 2.23. The van der Waals surface area contributed by atoms with Gasteiger partial charge in [0.1, 0.15) is 0 Å². The van der Waals surface area contributed by atoms with E-state index in [0.29, 0.717) is 11.1 Å². The highest BCUT2D eigenvalue weighted by molar-refractivity contribution is 7.98. The minimum Gasteiger partial charge on any atom is -0.414 e. The molecule has 0 spiro atoms. The summed E-state index contributed by atoms with van der Waals surface area (Å²) in [6.07, 6.45) is 0. The molecule has 0 aliphatic heterocycles. The van der Waals surface area contributed by atoms with E-state index in [1.165, 1.54) is 11.8 Å². The molecule has 90 valence electrons. The number of thioether (sulfide) groups is 1. The molecule has 1 aromatic carbocycles. The summed E-state index contributed by atoms with van der Waals surface area (Å²) in [5, 5.41) is 9.04. The summed E-state index contributed by atoms with van der Waals surface area (Å²) in [6, 6.07) is 7.43. The van der Waals surface area contributed by atoms with Crippen molar-refractivity contribution in [3.05, 3.63) is 40.7 Å². The van der Waals surface area contributed by atoms with Gasteiger partial charge in [-0.05, 0) is 24.6 Å². The molecule has 1 atom stereocenters. The molecule has 1 aromatic heterocycles. The molecule has 0 aliphatic rings. The standard InChI is InChI=1S/C11H12ClN3OS/c1-7(13)10-14-15-11(16-10)17-6-8-2-4-9(12)5-3-8/h2-5,7H,6,13H2,1H3/t7-/m0/s1. The number of aromatic nitrogens is 2. The first-order valence-corrected chi connectivity index (χ1v) is 6.48. The topological polar surface area (TPSA) is 64.9 Å². The van der Waals surface area contributed by atoms with Crippen molar-refractivity contribution in [1.82, 2.24) is 10.2 Å². The summed E-state index contributed by atoms with van der Waals surface area (Å²) in [5.41, 5.74) is 6.78. The summed E-state index contributed by atoms with van der Waals surface area (Å²) in [6.45, 7) is 1.81. The van der Waals surface area contributed by atoms with Crippen molar-refractivity contribution in [2.45, 2.75) is 23.9 Å².